The van der Waals surface area contributed by atoms with Gasteiger partial charge in [0.15, 0.2) is 0 Å². The zero-order valence-corrected chi connectivity index (χ0v) is 11.6. The zero-order chi connectivity index (χ0) is 14.7. The Morgan fingerprint density at radius 3 is 2.75 bits per heavy atom. The minimum atomic E-state index is -0.377. The smallest absolute Gasteiger partial charge is 0.261 e. The molecule has 20 heavy (non-hydrogen) atoms. The molecule has 1 aromatic carbocycles. The number of rotatable bonds is 3. The highest BCUT2D eigenvalue weighted by atomic mass is 19.1. The molecule has 1 heterocycles. The van der Waals surface area contributed by atoms with Crippen LogP contribution in [0, 0.1) is 12.7 Å². The Morgan fingerprint density at radius 2 is 2.10 bits per heavy atom. The van der Waals surface area contributed by atoms with Crippen LogP contribution in [-0.4, -0.2) is 25.0 Å². The van der Waals surface area contributed by atoms with Crippen molar-refractivity contribution < 1.29 is 9.18 Å². The van der Waals surface area contributed by atoms with Gasteiger partial charge in [-0.05, 0) is 31.2 Å². The number of halogens is 1. The first-order valence-electron chi connectivity index (χ1n) is 6.21. The van der Waals surface area contributed by atoms with Crippen LogP contribution in [0.5, 0.6) is 0 Å². The molecule has 0 fully saturated rings. The number of amides is 1. The van der Waals surface area contributed by atoms with Crippen molar-refractivity contribution in [2.24, 2.45) is 0 Å². The van der Waals surface area contributed by atoms with E-state index in [0.717, 1.165) is 5.69 Å². The Kier molecular flexibility index (Phi) is 3.98. The van der Waals surface area contributed by atoms with Gasteiger partial charge in [-0.15, -0.1) is 0 Å². The van der Waals surface area contributed by atoms with E-state index in [0.29, 0.717) is 16.9 Å². The molecule has 0 aliphatic rings. The van der Waals surface area contributed by atoms with E-state index < -0.39 is 0 Å². The van der Waals surface area contributed by atoms with Crippen LogP contribution in [-0.2, 0) is 0 Å². The summed E-state index contributed by atoms with van der Waals surface area (Å²) in [5.41, 5.74) is 2.47. The molecule has 0 saturated heterocycles. The van der Waals surface area contributed by atoms with Crippen molar-refractivity contribution in [1.29, 1.82) is 0 Å². The second-order valence-electron chi connectivity index (χ2n) is 4.47. The quantitative estimate of drug-likeness (QED) is 0.935. The van der Waals surface area contributed by atoms with Crippen molar-refractivity contribution in [3.63, 3.8) is 0 Å². The molecule has 0 unspecified atom stereocenters. The lowest BCUT2D eigenvalue weighted by Gasteiger charge is -2.19. The van der Waals surface area contributed by atoms with Gasteiger partial charge in [-0.1, -0.05) is 6.07 Å². The summed E-state index contributed by atoms with van der Waals surface area (Å²) in [5, 5.41) is 2.97. The van der Waals surface area contributed by atoms with E-state index in [4.69, 9.17) is 0 Å². The Hall–Kier alpha value is -2.43. The number of nitrogens with zero attached hydrogens (tertiary/aromatic N) is 2. The van der Waals surface area contributed by atoms with Crippen LogP contribution in [0.1, 0.15) is 16.1 Å². The molecule has 0 saturated carbocycles. The van der Waals surface area contributed by atoms with Crippen molar-refractivity contribution >= 4 is 17.3 Å². The number of aromatic nitrogens is 1. The minimum Gasteiger partial charge on any atom is -0.387 e. The van der Waals surface area contributed by atoms with E-state index in [-0.39, 0.29) is 11.7 Å². The van der Waals surface area contributed by atoms with Crippen LogP contribution in [0.15, 0.2) is 36.5 Å². The van der Waals surface area contributed by atoms with E-state index in [9.17, 15) is 9.18 Å². The first-order valence-corrected chi connectivity index (χ1v) is 6.21. The summed E-state index contributed by atoms with van der Waals surface area (Å²) in [5.74, 6) is -0.620. The molecule has 1 amide bonds. The monoisotopic (exact) mass is 273 g/mol. The fourth-order valence-corrected chi connectivity index (χ4v) is 1.92. The third kappa shape index (κ3) is 2.77. The van der Waals surface area contributed by atoms with E-state index >= 15 is 0 Å². The molecule has 2 rings (SSSR count). The topological polar surface area (TPSA) is 45.2 Å². The van der Waals surface area contributed by atoms with Crippen LogP contribution < -0.4 is 10.2 Å². The fraction of sp³-hybridized carbons (Fsp3) is 0.200. The molecule has 1 N–H and O–H groups in total. The van der Waals surface area contributed by atoms with Gasteiger partial charge in [-0.2, -0.15) is 0 Å². The van der Waals surface area contributed by atoms with Gasteiger partial charge in [0.1, 0.15) is 5.82 Å². The van der Waals surface area contributed by atoms with Crippen LogP contribution in [0.2, 0.25) is 0 Å². The molecular formula is C15H16FN3O. The predicted octanol–water partition coefficient (Wildman–Crippen LogP) is 2.85. The molecule has 4 nitrogen and oxygen atoms in total. The Labute approximate surface area is 117 Å². The maximum Gasteiger partial charge on any atom is 0.261 e. The van der Waals surface area contributed by atoms with Crippen molar-refractivity contribution in [2.45, 2.75) is 6.92 Å². The molecule has 5 heteroatoms. The maximum absolute atomic E-state index is 13.2. The molecule has 0 atom stereocenters. The highest BCUT2D eigenvalue weighted by molar-refractivity contribution is 6.09. The van der Waals surface area contributed by atoms with Crippen molar-refractivity contribution in [3.8, 4) is 0 Å². The molecule has 2 aromatic rings. The number of nitrogens with one attached hydrogen (secondary N) is 1. The third-order valence-corrected chi connectivity index (χ3v) is 3.04. The van der Waals surface area contributed by atoms with E-state index in [1.807, 2.05) is 6.92 Å². The maximum atomic E-state index is 13.2. The summed E-state index contributed by atoms with van der Waals surface area (Å²) >= 11 is 0. The van der Waals surface area contributed by atoms with Gasteiger partial charge in [0.25, 0.3) is 5.91 Å². The summed E-state index contributed by atoms with van der Waals surface area (Å²) in [7, 11) is 3.35. The number of hydrogen-bond acceptors (Lipinski definition) is 3. The Balaban J connectivity index is 2.36. The average Bonchev–Trinajstić information content (AvgIpc) is 2.45. The zero-order valence-electron chi connectivity index (χ0n) is 11.6. The minimum absolute atomic E-state index is 0.243. The van der Waals surface area contributed by atoms with Gasteiger partial charge < -0.3 is 10.2 Å². The van der Waals surface area contributed by atoms with E-state index in [1.165, 1.54) is 23.2 Å². The number of pyridine rings is 1. The summed E-state index contributed by atoms with van der Waals surface area (Å²) < 4.78 is 13.2. The highest BCUT2D eigenvalue weighted by Gasteiger charge is 2.17. The van der Waals surface area contributed by atoms with Gasteiger partial charge in [0, 0.05) is 31.7 Å². The van der Waals surface area contributed by atoms with Crippen LogP contribution >= 0.6 is 0 Å². The van der Waals surface area contributed by atoms with Crippen LogP contribution in [0.3, 0.4) is 0 Å². The lowest BCUT2D eigenvalue weighted by molar-refractivity contribution is 0.0993. The van der Waals surface area contributed by atoms with Crippen molar-refractivity contribution in [2.75, 3.05) is 24.3 Å². The molecule has 0 radical (unpaired) electrons. The SMILES string of the molecule is CNc1cc(C)ncc1C(=O)N(C)c1cccc(F)c1. The number of aryl methyl sites for hydroxylation is 1. The molecular weight excluding hydrogens is 257 g/mol. The summed E-state index contributed by atoms with van der Waals surface area (Å²) in [6.07, 6.45) is 1.53. The molecule has 0 spiro atoms. The third-order valence-electron chi connectivity index (χ3n) is 3.04. The molecule has 0 aliphatic carbocycles. The number of benzene rings is 1. The van der Waals surface area contributed by atoms with Gasteiger partial charge in [-0.3, -0.25) is 9.78 Å². The molecule has 0 bridgehead atoms. The summed E-state index contributed by atoms with van der Waals surface area (Å²) in [6, 6.07) is 7.71. The predicted molar refractivity (Wildman–Crippen MR) is 77.7 cm³/mol. The van der Waals surface area contributed by atoms with E-state index in [2.05, 4.69) is 10.3 Å². The largest absolute Gasteiger partial charge is 0.387 e. The molecule has 1 aromatic heterocycles. The lowest BCUT2D eigenvalue weighted by atomic mass is 10.1. The highest BCUT2D eigenvalue weighted by Crippen LogP contribution is 2.21. The van der Waals surface area contributed by atoms with Crippen molar-refractivity contribution in [1.82, 2.24) is 4.98 Å². The Bertz CT molecular complexity index is 643. The second kappa shape index (κ2) is 5.69. The number of carbonyl (C=O) groups excluding carboxylic acids is 1. The van der Waals surface area contributed by atoms with Crippen LogP contribution in [0.4, 0.5) is 15.8 Å². The fourth-order valence-electron chi connectivity index (χ4n) is 1.92. The van der Waals surface area contributed by atoms with E-state index in [1.54, 1.807) is 32.3 Å². The second-order valence-corrected chi connectivity index (χ2v) is 4.47. The van der Waals surface area contributed by atoms with Gasteiger partial charge in [-0.25, -0.2) is 4.39 Å². The number of hydrogen-bond donors (Lipinski definition) is 1. The summed E-state index contributed by atoms with van der Waals surface area (Å²) in [4.78, 5) is 18.0. The number of carbonyl (C=O) groups is 1. The molecule has 0 aliphatic heterocycles. The lowest BCUT2D eigenvalue weighted by Crippen LogP contribution is -2.27. The van der Waals surface area contributed by atoms with Gasteiger partial charge >= 0.3 is 0 Å². The standard InChI is InChI=1S/C15H16FN3O/c1-10-7-14(17-2)13(9-18-10)15(20)19(3)12-6-4-5-11(16)8-12/h4-9H,1-3H3,(H,17,18). The Morgan fingerprint density at radius 1 is 1.35 bits per heavy atom. The van der Waals surface area contributed by atoms with Gasteiger partial charge in [0.05, 0.1) is 11.3 Å². The summed E-state index contributed by atoms with van der Waals surface area (Å²) in [6.45, 7) is 1.85. The normalized spacial score (nSPS) is 10.2. The average molecular weight is 273 g/mol. The number of anilines is 2. The first-order chi connectivity index (χ1) is 9.52. The van der Waals surface area contributed by atoms with Crippen molar-refractivity contribution in [3.05, 3.63) is 53.6 Å². The van der Waals surface area contributed by atoms with Crippen LogP contribution in [0.25, 0.3) is 0 Å². The first kappa shape index (κ1) is 14.0. The van der Waals surface area contributed by atoms with Gasteiger partial charge in [0.2, 0.25) is 0 Å². The molecule has 104 valence electrons.